The molecular weight excluding hydrogens is 314 g/mol. The van der Waals surface area contributed by atoms with Crippen molar-refractivity contribution in [1.29, 1.82) is 5.26 Å². The van der Waals surface area contributed by atoms with Crippen molar-refractivity contribution in [3.8, 4) is 6.07 Å². The highest BCUT2D eigenvalue weighted by Gasteiger charge is 2.08. The molecule has 114 valence electrons. The van der Waals surface area contributed by atoms with Crippen LogP contribution >= 0.6 is 23.1 Å². The highest BCUT2D eigenvalue weighted by atomic mass is 32.2. The number of amides is 2. The first-order chi connectivity index (χ1) is 10.7. The average Bonchev–Trinajstić information content (AvgIpc) is 3.05. The van der Waals surface area contributed by atoms with Crippen molar-refractivity contribution in [2.75, 3.05) is 11.9 Å². The van der Waals surface area contributed by atoms with Crippen molar-refractivity contribution < 1.29 is 4.79 Å². The van der Waals surface area contributed by atoms with Gasteiger partial charge in [-0.25, -0.2) is 4.79 Å². The second kappa shape index (κ2) is 8.47. The maximum Gasteiger partial charge on any atom is 0.319 e. The Kier molecular flexibility index (Phi) is 6.31. The third kappa shape index (κ3) is 5.10. The Balaban J connectivity index is 1.93. The van der Waals surface area contributed by atoms with E-state index in [2.05, 4.69) is 33.5 Å². The minimum atomic E-state index is -0.286. The standard InChI is InChI=1S/C16H17N3OS2/c1-12(8-17)9-18-16(20)19-14-4-2-3-5-15(14)22-11-13-6-7-21-10-13/h2-7,10,12H,9,11H2,1H3,(H2,18,19,20)/t12-/m1/s1. The molecule has 0 fully saturated rings. The molecule has 2 rings (SSSR count). The average molecular weight is 331 g/mol. The summed E-state index contributed by atoms with van der Waals surface area (Å²) in [5.41, 5.74) is 2.06. The normalized spacial score (nSPS) is 11.5. The van der Waals surface area contributed by atoms with Crippen molar-refractivity contribution in [1.82, 2.24) is 5.32 Å². The molecule has 0 aliphatic carbocycles. The van der Waals surface area contributed by atoms with Crippen LogP contribution in [-0.4, -0.2) is 12.6 Å². The van der Waals surface area contributed by atoms with Crippen LogP contribution in [0.4, 0.5) is 10.5 Å². The molecule has 2 amide bonds. The maximum absolute atomic E-state index is 11.9. The number of rotatable bonds is 6. The van der Waals surface area contributed by atoms with Crippen LogP contribution in [0.25, 0.3) is 0 Å². The van der Waals surface area contributed by atoms with Gasteiger partial charge in [-0.2, -0.15) is 16.6 Å². The number of para-hydroxylation sites is 1. The van der Waals surface area contributed by atoms with Gasteiger partial charge in [0.05, 0.1) is 17.7 Å². The molecular formula is C16H17N3OS2. The lowest BCUT2D eigenvalue weighted by molar-refractivity contribution is 0.251. The summed E-state index contributed by atoms with van der Waals surface area (Å²) in [5, 5.41) is 18.4. The van der Waals surface area contributed by atoms with Crippen LogP contribution in [-0.2, 0) is 5.75 Å². The molecule has 1 atom stereocenters. The van der Waals surface area contributed by atoms with Crippen LogP contribution in [0.5, 0.6) is 0 Å². The third-order valence-electron chi connectivity index (χ3n) is 2.90. The van der Waals surface area contributed by atoms with Gasteiger partial charge in [0.1, 0.15) is 0 Å². The number of benzene rings is 1. The Morgan fingerprint density at radius 1 is 1.41 bits per heavy atom. The molecule has 22 heavy (non-hydrogen) atoms. The number of nitrogens with one attached hydrogen (secondary N) is 2. The Labute approximate surface area is 138 Å². The quantitative estimate of drug-likeness (QED) is 0.775. The number of anilines is 1. The number of nitrogens with zero attached hydrogens (tertiary/aromatic N) is 1. The summed E-state index contributed by atoms with van der Waals surface area (Å²) in [6.07, 6.45) is 0. The Bertz CT molecular complexity index is 650. The van der Waals surface area contributed by atoms with E-state index in [1.165, 1.54) is 5.56 Å². The van der Waals surface area contributed by atoms with Gasteiger partial charge in [-0.3, -0.25) is 0 Å². The van der Waals surface area contributed by atoms with Crippen LogP contribution in [0.3, 0.4) is 0 Å². The fourth-order valence-electron chi connectivity index (χ4n) is 1.69. The predicted molar refractivity (Wildman–Crippen MR) is 92.1 cm³/mol. The van der Waals surface area contributed by atoms with E-state index in [9.17, 15) is 4.79 Å². The first-order valence-corrected chi connectivity index (χ1v) is 8.79. The van der Waals surface area contributed by atoms with E-state index in [-0.39, 0.29) is 11.9 Å². The minimum Gasteiger partial charge on any atom is -0.337 e. The summed E-state index contributed by atoms with van der Waals surface area (Å²) >= 11 is 3.37. The molecule has 0 spiro atoms. The molecule has 4 nitrogen and oxygen atoms in total. The SMILES string of the molecule is C[C@H](C#N)CNC(=O)Nc1ccccc1SCc1ccsc1. The van der Waals surface area contributed by atoms with E-state index in [4.69, 9.17) is 5.26 Å². The zero-order valence-electron chi connectivity index (χ0n) is 12.2. The molecule has 1 aromatic carbocycles. The number of carbonyl (C=O) groups excluding carboxylic acids is 1. The summed E-state index contributed by atoms with van der Waals surface area (Å²) in [5.74, 6) is 0.670. The van der Waals surface area contributed by atoms with Crippen molar-refractivity contribution in [2.45, 2.75) is 17.6 Å². The molecule has 6 heteroatoms. The molecule has 0 aliphatic heterocycles. The molecule has 0 aliphatic rings. The third-order valence-corrected chi connectivity index (χ3v) is 4.78. The number of hydrogen-bond acceptors (Lipinski definition) is 4. The summed E-state index contributed by atoms with van der Waals surface area (Å²) in [7, 11) is 0. The molecule has 0 radical (unpaired) electrons. The molecule has 2 N–H and O–H groups in total. The lowest BCUT2D eigenvalue weighted by Crippen LogP contribution is -2.32. The lowest BCUT2D eigenvalue weighted by Gasteiger charge is -2.12. The van der Waals surface area contributed by atoms with Crippen molar-refractivity contribution in [3.05, 3.63) is 46.7 Å². The fraction of sp³-hybridized carbons (Fsp3) is 0.250. The van der Waals surface area contributed by atoms with Crippen molar-refractivity contribution in [3.63, 3.8) is 0 Å². The monoisotopic (exact) mass is 331 g/mol. The summed E-state index contributed by atoms with van der Waals surface area (Å²) in [4.78, 5) is 12.9. The van der Waals surface area contributed by atoms with Crippen LogP contribution in [0.2, 0.25) is 0 Å². The molecule has 0 saturated heterocycles. The number of thiophene rings is 1. The molecule has 1 aromatic heterocycles. The Morgan fingerprint density at radius 2 is 2.23 bits per heavy atom. The second-order valence-corrected chi connectivity index (χ2v) is 6.58. The minimum absolute atomic E-state index is 0.200. The Morgan fingerprint density at radius 3 is 2.95 bits per heavy atom. The number of nitriles is 1. The van der Waals surface area contributed by atoms with Crippen molar-refractivity contribution in [2.24, 2.45) is 5.92 Å². The van der Waals surface area contributed by atoms with E-state index < -0.39 is 0 Å². The molecule has 0 saturated carbocycles. The summed E-state index contributed by atoms with van der Waals surface area (Å²) in [6.45, 7) is 2.11. The van der Waals surface area contributed by atoms with Crippen LogP contribution in [0, 0.1) is 17.2 Å². The van der Waals surface area contributed by atoms with E-state index in [0.29, 0.717) is 6.54 Å². The van der Waals surface area contributed by atoms with Gasteiger partial charge >= 0.3 is 6.03 Å². The van der Waals surface area contributed by atoms with Gasteiger partial charge in [0.25, 0.3) is 0 Å². The first-order valence-electron chi connectivity index (χ1n) is 6.86. The van der Waals surface area contributed by atoms with E-state index in [1.807, 2.05) is 24.3 Å². The second-order valence-electron chi connectivity index (χ2n) is 4.78. The fourth-order valence-corrected chi connectivity index (χ4v) is 3.41. The van der Waals surface area contributed by atoms with Gasteiger partial charge in [0, 0.05) is 17.2 Å². The molecule has 0 bridgehead atoms. The number of thioether (sulfide) groups is 1. The first kappa shape index (κ1) is 16.4. The van der Waals surface area contributed by atoms with E-state index >= 15 is 0 Å². The van der Waals surface area contributed by atoms with Crippen LogP contribution in [0.15, 0.2) is 46.0 Å². The van der Waals surface area contributed by atoms with Crippen molar-refractivity contribution >= 4 is 34.8 Å². The van der Waals surface area contributed by atoms with E-state index in [0.717, 1.165) is 16.3 Å². The number of carbonyl (C=O) groups is 1. The Hall–Kier alpha value is -1.97. The maximum atomic E-state index is 11.9. The predicted octanol–water partition coefficient (Wildman–Crippen LogP) is 4.32. The van der Waals surface area contributed by atoms with Gasteiger partial charge in [-0.15, -0.1) is 11.8 Å². The topological polar surface area (TPSA) is 64.9 Å². The smallest absolute Gasteiger partial charge is 0.319 e. The summed E-state index contributed by atoms with van der Waals surface area (Å²) in [6, 6.07) is 11.6. The number of hydrogen-bond donors (Lipinski definition) is 2. The highest BCUT2D eigenvalue weighted by Crippen LogP contribution is 2.30. The highest BCUT2D eigenvalue weighted by molar-refractivity contribution is 7.98. The summed E-state index contributed by atoms with van der Waals surface area (Å²) < 4.78 is 0. The van der Waals surface area contributed by atoms with Gasteiger partial charge in [-0.05, 0) is 41.4 Å². The van der Waals surface area contributed by atoms with Gasteiger partial charge in [0.15, 0.2) is 0 Å². The lowest BCUT2D eigenvalue weighted by atomic mass is 10.2. The van der Waals surface area contributed by atoms with E-state index in [1.54, 1.807) is 30.0 Å². The molecule has 1 heterocycles. The van der Waals surface area contributed by atoms with Gasteiger partial charge in [-0.1, -0.05) is 12.1 Å². The molecule has 0 unspecified atom stereocenters. The van der Waals surface area contributed by atoms with Gasteiger partial charge in [0.2, 0.25) is 0 Å². The zero-order valence-corrected chi connectivity index (χ0v) is 13.8. The largest absolute Gasteiger partial charge is 0.337 e. The zero-order chi connectivity index (χ0) is 15.8. The molecule has 2 aromatic rings. The van der Waals surface area contributed by atoms with Gasteiger partial charge < -0.3 is 10.6 Å². The van der Waals surface area contributed by atoms with Crippen LogP contribution in [0.1, 0.15) is 12.5 Å². The number of urea groups is 1. The van der Waals surface area contributed by atoms with Crippen LogP contribution < -0.4 is 10.6 Å².